The number of rotatable bonds is 0. The minimum atomic E-state index is 1.21. The zero-order valence-corrected chi connectivity index (χ0v) is 20.5. The van der Waals surface area contributed by atoms with Gasteiger partial charge in [-0.3, -0.25) is 4.98 Å². The van der Waals surface area contributed by atoms with Gasteiger partial charge in [0.05, 0.1) is 11.0 Å². The van der Waals surface area contributed by atoms with Gasteiger partial charge in [-0.15, -0.1) is 0 Å². The number of benzene rings is 4. The lowest BCUT2D eigenvalue weighted by Gasteiger charge is -2.25. The first-order chi connectivity index (χ1) is 17.0. The Kier molecular flexibility index (Phi) is 4.14. The van der Waals surface area contributed by atoms with E-state index in [9.17, 15) is 0 Å². The summed E-state index contributed by atoms with van der Waals surface area (Å²) in [5, 5.41) is 2.49. The number of hydrogen-bond donors (Lipinski definition) is 0. The van der Waals surface area contributed by atoms with Crippen LogP contribution in [0, 0.1) is 20.8 Å². The monoisotopic (exact) mass is 450 g/mol. The van der Waals surface area contributed by atoms with E-state index >= 15 is 0 Å². The van der Waals surface area contributed by atoms with Crippen LogP contribution in [0.5, 0.6) is 0 Å². The van der Waals surface area contributed by atoms with Crippen LogP contribution in [0.15, 0.2) is 85.2 Å². The van der Waals surface area contributed by atoms with Gasteiger partial charge in [0.2, 0.25) is 0 Å². The van der Waals surface area contributed by atoms with Crippen LogP contribution in [0.25, 0.3) is 66.3 Å². The van der Waals surface area contributed by atoms with Gasteiger partial charge in [0.15, 0.2) is 0 Å². The van der Waals surface area contributed by atoms with Crippen molar-refractivity contribution in [3.8, 4) is 44.5 Å². The van der Waals surface area contributed by atoms with E-state index in [-0.39, 0.29) is 0 Å². The van der Waals surface area contributed by atoms with Crippen molar-refractivity contribution in [1.82, 2.24) is 9.55 Å². The van der Waals surface area contributed by atoms with E-state index in [0.29, 0.717) is 0 Å². The first-order valence-electron chi connectivity index (χ1n) is 12.2. The van der Waals surface area contributed by atoms with Crippen LogP contribution in [0.1, 0.15) is 16.7 Å². The van der Waals surface area contributed by atoms with Crippen molar-refractivity contribution in [3.63, 3.8) is 0 Å². The highest BCUT2D eigenvalue weighted by Crippen LogP contribution is 2.51. The molecule has 0 spiro atoms. The van der Waals surface area contributed by atoms with Crippen LogP contribution in [0.3, 0.4) is 0 Å². The Morgan fingerprint density at radius 1 is 0.571 bits per heavy atom. The van der Waals surface area contributed by atoms with Gasteiger partial charge in [0.25, 0.3) is 0 Å². The summed E-state index contributed by atoms with van der Waals surface area (Å²) in [5.74, 6) is 0. The summed E-state index contributed by atoms with van der Waals surface area (Å²) in [4.78, 5) is 4.56. The number of aromatic nitrogens is 2. The molecular formula is C33H26N2. The van der Waals surface area contributed by atoms with Crippen molar-refractivity contribution in [1.29, 1.82) is 0 Å². The van der Waals surface area contributed by atoms with Crippen molar-refractivity contribution >= 4 is 21.8 Å². The molecule has 0 unspecified atom stereocenters. The third-order valence-corrected chi connectivity index (χ3v) is 7.77. The third-order valence-electron chi connectivity index (χ3n) is 7.77. The summed E-state index contributed by atoms with van der Waals surface area (Å²) in [6, 6.07) is 27.0. The molecule has 0 saturated carbocycles. The first kappa shape index (κ1) is 20.2. The normalized spacial score (nSPS) is 12.0. The van der Waals surface area contributed by atoms with E-state index in [1.807, 2.05) is 12.4 Å². The number of nitrogens with zero attached hydrogens (tertiary/aromatic N) is 2. The molecule has 6 aromatic rings. The number of aryl methyl sites for hydroxylation is 4. The van der Waals surface area contributed by atoms with Gasteiger partial charge in [0, 0.05) is 30.2 Å². The standard InChI is InChI=1S/C33H26N2/c1-19-13-14-26-24-11-6-5-9-22(24)23-10-7-8-12-25(23)28-16-29-30-18-34-17-20(2)32(30)35(4)33(29)21(3)31(28)27(26)15-19/h5-18H,1-4H3. The average Bonchev–Trinajstić information content (AvgIpc) is 3.16. The quantitative estimate of drug-likeness (QED) is 0.226. The van der Waals surface area contributed by atoms with E-state index in [0.717, 1.165) is 0 Å². The molecule has 4 aromatic carbocycles. The third kappa shape index (κ3) is 2.68. The maximum atomic E-state index is 4.56. The molecule has 1 aliphatic carbocycles. The van der Waals surface area contributed by atoms with Crippen molar-refractivity contribution in [2.24, 2.45) is 7.05 Å². The van der Waals surface area contributed by atoms with E-state index in [2.05, 4.69) is 110 Å². The molecule has 2 heteroatoms. The van der Waals surface area contributed by atoms with Gasteiger partial charge in [-0.2, -0.15) is 0 Å². The van der Waals surface area contributed by atoms with Crippen molar-refractivity contribution in [3.05, 3.63) is 102 Å². The Labute approximate surface area is 205 Å². The molecule has 0 bridgehead atoms. The Morgan fingerprint density at radius 2 is 1.17 bits per heavy atom. The van der Waals surface area contributed by atoms with Gasteiger partial charge < -0.3 is 4.57 Å². The van der Waals surface area contributed by atoms with E-state index in [1.54, 1.807) is 0 Å². The summed E-state index contributed by atoms with van der Waals surface area (Å²) < 4.78 is 2.37. The molecule has 168 valence electrons. The van der Waals surface area contributed by atoms with Gasteiger partial charge in [0.1, 0.15) is 0 Å². The van der Waals surface area contributed by atoms with E-state index < -0.39 is 0 Å². The summed E-state index contributed by atoms with van der Waals surface area (Å²) in [7, 11) is 2.19. The van der Waals surface area contributed by atoms with Crippen LogP contribution in [-0.2, 0) is 7.05 Å². The van der Waals surface area contributed by atoms with Crippen molar-refractivity contribution in [2.45, 2.75) is 20.8 Å². The fraction of sp³-hybridized carbons (Fsp3) is 0.121. The molecule has 2 heterocycles. The fourth-order valence-corrected chi connectivity index (χ4v) is 6.32. The molecule has 0 saturated heterocycles. The Balaban J connectivity index is 1.76. The van der Waals surface area contributed by atoms with E-state index in [1.165, 1.54) is 83.0 Å². The lowest BCUT2D eigenvalue weighted by Crippen LogP contribution is -2.01. The minimum absolute atomic E-state index is 1.21. The minimum Gasteiger partial charge on any atom is -0.343 e. The zero-order valence-electron chi connectivity index (χ0n) is 20.5. The van der Waals surface area contributed by atoms with Gasteiger partial charge >= 0.3 is 0 Å². The Morgan fingerprint density at radius 3 is 1.83 bits per heavy atom. The molecule has 2 nitrogen and oxygen atoms in total. The molecule has 0 fully saturated rings. The second-order valence-corrected chi connectivity index (χ2v) is 9.87. The SMILES string of the molecule is Cc1ccc2c(c1)-c1c(cc3c4cncc(C)c4n(C)c3c1C)-c1ccccc1-c1ccccc1-2. The molecule has 7 rings (SSSR count). The van der Waals surface area contributed by atoms with E-state index in [4.69, 9.17) is 0 Å². The first-order valence-corrected chi connectivity index (χ1v) is 12.2. The van der Waals surface area contributed by atoms with Crippen LogP contribution in [0.4, 0.5) is 0 Å². The lowest BCUT2D eigenvalue weighted by atomic mass is 9.78. The Hall–Kier alpha value is -4.17. The Bertz CT molecular complexity index is 1830. The predicted octanol–water partition coefficient (Wildman–Crippen LogP) is 8.63. The smallest absolute Gasteiger partial charge is 0.0549 e. The van der Waals surface area contributed by atoms with Crippen LogP contribution in [-0.4, -0.2) is 9.55 Å². The molecule has 35 heavy (non-hydrogen) atoms. The lowest BCUT2D eigenvalue weighted by molar-refractivity contribution is 1.000. The molecule has 0 atom stereocenters. The van der Waals surface area contributed by atoms with Crippen LogP contribution >= 0.6 is 0 Å². The predicted molar refractivity (Wildman–Crippen MR) is 148 cm³/mol. The molecule has 2 aromatic heterocycles. The topological polar surface area (TPSA) is 17.8 Å². The molecule has 0 radical (unpaired) electrons. The maximum absolute atomic E-state index is 4.56. The van der Waals surface area contributed by atoms with Gasteiger partial charge in [-0.1, -0.05) is 72.3 Å². The largest absolute Gasteiger partial charge is 0.343 e. The summed E-state index contributed by atoms with van der Waals surface area (Å²) in [6.07, 6.45) is 4.00. The molecular weight excluding hydrogens is 424 g/mol. The number of hydrogen-bond acceptors (Lipinski definition) is 1. The molecule has 0 N–H and O–H groups in total. The molecule has 1 aliphatic rings. The van der Waals surface area contributed by atoms with Crippen LogP contribution in [0.2, 0.25) is 0 Å². The molecule has 0 amide bonds. The van der Waals surface area contributed by atoms with Crippen LogP contribution < -0.4 is 0 Å². The van der Waals surface area contributed by atoms with Crippen molar-refractivity contribution < 1.29 is 0 Å². The maximum Gasteiger partial charge on any atom is 0.0549 e. The van der Waals surface area contributed by atoms with Gasteiger partial charge in [-0.25, -0.2) is 0 Å². The second kappa shape index (κ2) is 7.16. The highest BCUT2D eigenvalue weighted by molar-refractivity contribution is 6.15. The fourth-order valence-electron chi connectivity index (χ4n) is 6.32. The average molecular weight is 451 g/mol. The summed E-state index contributed by atoms with van der Waals surface area (Å²) in [5.41, 5.74) is 16.7. The number of fused-ring (bicyclic) bond motifs is 11. The molecule has 0 aliphatic heterocycles. The van der Waals surface area contributed by atoms with Gasteiger partial charge in [-0.05, 0) is 82.5 Å². The summed E-state index contributed by atoms with van der Waals surface area (Å²) >= 11 is 0. The number of pyridine rings is 1. The highest BCUT2D eigenvalue weighted by Gasteiger charge is 2.26. The van der Waals surface area contributed by atoms with Crippen molar-refractivity contribution in [2.75, 3.05) is 0 Å². The highest BCUT2D eigenvalue weighted by atomic mass is 14.9. The summed E-state index contributed by atoms with van der Waals surface area (Å²) in [6.45, 7) is 6.65. The zero-order chi connectivity index (χ0) is 23.8. The second-order valence-electron chi connectivity index (χ2n) is 9.87.